The van der Waals surface area contributed by atoms with E-state index < -0.39 is 0 Å². The fourth-order valence-corrected chi connectivity index (χ4v) is 3.27. The Morgan fingerprint density at radius 2 is 2.07 bits per heavy atom. The summed E-state index contributed by atoms with van der Waals surface area (Å²) in [6.07, 6.45) is 7.35. The van der Waals surface area contributed by atoms with Gasteiger partial charge in [-0.3, -0.25) is 9.50 Å². The van der Waals surface area contributed by atoms with Gasteiger partial charge in [0.15, 0.2) is 0 Å². The molecule has 0 aromatic carbocycles. The molecule has 1 aliphatic heterocycles. The highest BCUT2D eigenvalue weighted by atomic mass is 35.5. The smallest absolute Gasteiger partial charge is 0.226 e. The average Bonchev–Trinajstić information content (AvgIpc) is 3.37. The number of anilines is 1. The van der Waals surface area contributed by atoms with Crippen molar-refractivity contribution in [3.63, 3.8) is 0 Å². The number of nitrogens with one attached hydrogen (secondary N) is 1. The predicted molar refractivity (Wildman–Crippen MR) is 112 cm³/mol. The molecule has 0 amide bonds. The van der Waals surface area contributed by atoms with Crippen LogP contribution in [0.15, 0.2) is 49.1 Å². The summed E-state index contributed by atoms with van der Waals surface area (Å²) in [7, 11) is 0. The third-order valence-corrected chi connectivity index (χ3v) is 4.76. The van der Waals surface area contributed by atoms with Gasteiger partial charge in [0.2, 0.25) is 5.95 Å². The molecule has 4 aromatic heterocycles. The van der Waals surface area contributed by atoms with E-state index in [4.69, 9.17) is 21.3 Å². The van der Waals surface area contributed by atoms with Crippen LogP contribution in [0.5, 0.6) is 0 Å². The lowest BCUT2D eigenvalue weighted by atomic mass is 10.3. The van der Waals surface area contributed by atoms with Crippen LogP contribution in [-0.2, 0) is 4.74 Å². The molecule has 1 aliphatic rings. The number of halogens is 1. The topological polar surface area (TPSA) is 84.2 Å². The van der Waals surface area contributed by atoms with E-state index in [9.17, 15) is 0 Å². The summed E-state index contributed by atoms with van der Waals surface area (Å²) in [5.74, 6) is 0.717. The molecule has 0 spiro atoms. The van der Waals surface area contributed by atoms with E-state index >= 15 is 0 Å². The lowest BCUT2D eigenvalue weighted by molar-refractivity contribution is 0.0526. The van der Waals surface area contributed by atoms with Crippen molar-refractivity contribution in [1.82, 2.24) is 29.5 Å². The van der Waals surface area contributed by atoms with Crippen molar-refractivity contribution in [1.29, 1.82) is 0 Å². The molecule has 0 aliphatic carbocycles. The van der Waals surface area contributed by atoms with Crippen LogP contribution in [0.1, 0.15) is 12.6 Å². The molecule has 150 valence electrons. The van der Waals surface area contributed by atoms with Crippen molar-refractivity contribution in [2.75, 3.05) is 24.6 Å². The molecule has 1 atom stereocenters. The summed E-state index contributed by atoms with van der Waals surface area (Å²) in [5.41, 5.74) is 3.66. The third-order valence-electron chi connectivity index (χ3n) is 4.54. The SMILES string of the molecule is CC1CN(c2nccc(-c3cnc4ccc(Cl)cn34)n2)CCO1.Cc1ccn[nH]1. The van der Waals surface area contributed by atoms with Gasteiger partial charge in [-0.15, -0.1) is 0 Å². The quantitative estimate of drug-likeness (QED) is 0.544. The number of fused-ring (bicyclic) bond motifs is 1. The number of nitrogens with zero attached hydrogens (tertiary/aromatic N) is 6. The maximum atomic E-state index is 6.10. The van der Waals surface area contributed by atoms with Gasteiger partial charge in [-0.2, -0.15) is 5.10 Å². The molecule has 5 heterocycles. The van der Waals surface area contributed by atoms with Crippen molar-refractivity contribution < 1.29 is 4.74 Å². The van der Waals surface area contributed by atoms with Gasteiger partial charge < -0.3 is 9.64 Å². The molecule has 1 saturated heterocycles. The van der Waals surface area contributed by atoms with Gasteiger partial charge in [-0.05, 0) is 38.1 Å². The number of imidazole rings is 1. The van der Waals surface area contributed by atoms with Crippen molar-refractivity contribution >= 4 is 23.2 Å². The van der Waals surface area contributed by atoms with E-state index in [2.05, 4.69) is 32.0 Å². The molecule has 0 radical (unpaired) electrons. The molecule has 0 saturated carbocycles. The zero-order chi connectivity index (χ0) is 20.2. The number of hydrogen-bond acceptors (Lipinski definition) is 6. The van der Waals surface area contributed by atoms with E-state index in [-0.39, 0.29) is 6.10 Å². The second kappa shape index (κ2) is 8.59. The monoisotopic (exact) mass is 411 g/mol. The highest BCUT2D eigenvalue weighted by molar-refractivity contribution is 6.30. The number of morpholine rings is 1. The average molecular weight is 412 g/mol. The molecule has 5 rings (SSSR count). The Hall–Kier alpha value is -2.97. The minimum absolute atomic E-state index is 0.186. The van der Waals surface area contributed by atoms with Crippen LogP contribution in [0.3, 0.4) is 0 Å². The van der Waals surface area contributed by atoms with E-state index in [1.54, 1.807) is 18.6 Å². The maximum Gasteiger partial charge on any atom is 0.226 e. The first-order valence-electron chi connectivity index (χ1n) is 9.39. The van der Waals surface area contributed by atoms with E-state index in [0.717, 1.165) is 41.8 Å². The van der Waals surface area contributed by atoms with Gasteiger partial charge in [0.25, 0.3) is 0 Å². The predicted octanol–water partition coefficient (Wildman–Crippen LogP) is 3.39. The summed E-state index contributed by atoms with van der Waals surface area (Å²) >= 11 is 6.10. The first-order chi connectivity index (χ1) is 14.1. The van der Waals surface area contributed by atoms with Gasteiger partial charge in [0.05, 0.1) is 35.3 Å². The van der Waals surface area contributed by atoms with E-state index in [0.29, 0.717) is 11.6 Å². The first kappa shape index (κ1) is 19.4. The van der Waals surface area contributed by atoms with Crippen molar-refractivity contribution in [2.45, 2.75) is 20.0 Å². The molecule has 1 fully saturated rings. The standard InChI is InChI=1S/C16H16ClN5O.C4H6N2/c1-11-9-21(6-7-23-11)16-18-5-4-13(20-16)14-8-19-15-3-2-12(17)10-22(14)15;1-4-2-3-5-6-4/h2-5,8,10-11H,6-7,9H2,1H3;2-3H,1H3,(H,5,6). The van der Waals surface area contributed by atoms with Gasteiger partial charge >= 0.3 is 0 Å². The summed E-state index contributed by atoms with van der Waals surface area (Å²) in [5, 5.41) is 7.11. The number of pyridine rings is 1. The van der Waals surface area contributed by atoms with Crippen LogP contribution < -0.4 is 4.90 Å². The Labute approximate surface area is 173 Å². The molecule has 4 aromatic rings. The number of hydrogen-bond donors (Lipinski definition) is 1. The van der Waals surface area contributed by atoms with Gasteiger partial charge in [-0.1, -0.05) is 11.6 Å². The molecule has 1 N–H and O–H groups in total. The number of aromatic amines is 1. The zero-order valence-corrected chi connectivity index (χ0v) is 17.0. The largest absolute Gasteiger partial charge is 0.375 e. The normalized spacial score (nSPS) is 16.5. The van der Waals surface area contributed by atoms with Gasteiger partial charge in [0.1, 0.15) is 5.65 Å². The van der Waals surface area contributed by atoms with Crippen molar-refractivity contribution in [3.8, 4) is 11.4 Å². The fourth-order valence-electron chi connectivity index (χ4n) is 3.11. The van der Waals surface area contributed by atoms with Crippen molar-refractivity contribution in [3.05, 3.63) is 59.8 Å². The van der Waals surface area contributed by atoms with Crippen molar-refractivity contribution in [2.24, 2.45) is 0 Å². The Morgan fingerprint density at radius 1 is 1.17 bits per heavy atom. The maximum absolute atomic E-state index is 6.10. The van der Waals surface area contributed by atoms with E-state index in [1.807, 2.05) is 41.8 Å². The van der Waals surface area contributed by atoms with Crippen LogP contribution in [0, 0.1) is 6.92 Å². The number of aryl methyl sites for hydroxylation is 1. The second-order valence-corrected chi connectivity index (χ2v) is 7.26. The summed E-state index contributed by atoms with van der Waals surface area (Å²) in [4.78, 5) is 15.7. The Kier molecular flexibility index (Phi) is 5.73. The number of aromatic nitrogens is 6. The summed E-state index contributed by atoms with van der Waals surface area (Å²) in [6, 6.07) is 7.52. The number of ether oxygens (including phenoxy) is 1. The van der Waals surface area contributed by atoms with Gasteiger partial charge in [-0.25, -0.2) is 15.0 Å². The van der Waals surface area contributed by atoms with Crippen LogP contribution in [0.4, 0.5) is 5.95 Å². The van der Waals surface area contributed by atoms with Crippen LogP contribution in [0.25, 0.3) is 17.0 Å². The molecule has 9 heteroatoms. The van der Waals surface area contributed by atoms with Gasteiger partial charge in [0, 0.05) is 37.4 Å². The van der Waals surface area contributed by atoms with Crippen LogP contribution in [0.2, 0.25) is 5.02 Å². The second-order valence-electron chi connectivity index (χ2n) is 6.83. The zero-order valence-electron chi connectivity index (χ0n) is 16.3. The Balaban J connectivity index is 0.000000294. The highest BCUT2D eigenvalue weighted by Crippen LogP contribution is 2.23. The molecule has 1 unspecified atom stereocenters. The highest BCUT2D eigenvalue weighted by Gasteiger charge is 2.19. The fraction of sp³-hybridized carbons (Fsp3) is 0.300. The lowest BCUT2D eigenvalue weighted by Gasteiger charge is -2.31. The first-order valence-corrected chi connectivity index (χ1v) is 9.76. The summed E-state index contributed by atoms with van der Waals surface area (Å²) < 4.78 is 7.52. The molecular weight excluding hydrogens is 390 g/mol. The molecule has 0 bridgehead atoms. The number of H-pyrrole nitrogens is 1. The molecule has 8 nitrogen and oxygen atoms in total. The summed E-state index contributed by atoms with van der Waals surface area (Å²) in [6.45, 7) is 6.31. The molecular formula is C20H22ClN7O. The third kappa shape index (κ3) is 4.55. The Morgan fingerprint density at radius 3 is 2.79 bits per heavy atom. The van der Waals surface area contributed by atoms with Crippen LogP contribution in [-0.4, -0.2) is 55.4 Å². The number of rotatable bonds is 2. The minimum Gasteiger partial charge on any atom is -0.375 e. The lowest BCUT2D eigenvalue weighted by Crippen LogP contribution is -2.42. The molecule has 29 heavy (non-hydrogen) atoms. The Bertz CT molecular complexity index is 1080. The van der Waals surface area contributed by atoms with Crippen LogP contribution >= 0.6 is 11.6 Å². The minimum atomic E-state index is 0.186. The van der Waals surface area contributed by atoms with E-state index in [1.165, 1.54) is 0 Å².